The maximum atomic E-state index is 14.5. The van der Waals surface area contributed by atoms with Gasteiger partial charge in [0.15, 0.2) is 5.76 Å². The lowest BCUT2D eigenvalue weighted by molar-refractivity contribution is 0.0600. The third-order valence-electron chi connectivity index (χ3n) is 8.54. The van der Waals surface area contributed by atoms with Crippen LogP contribution >= 0.6 is 0 Å². The molecule has 1 spiro atoms. The summed E-state index contributed by atoms with van der Waals surface area (Å²) in [6.45, 7) is 1.23. The van der Waals surface area contributed by atoms with Crippen molar-refractivity contribution in [3.05, 3.63) is 107 Å². The molecular weight excluding hydrogens is 553 g/mol. The number of anilines is 1. The number of aromatic nitrogens is 1. The number of esters is 1. The first-order valence-electron chi connectivity index (χ1n) is 13.9. The van der Waals surface area contributed by atoms with Crippen molar-refractivity contribution < 1.29 is 32.5 Å². The molecule has 1 fully saturated rings. The van der Waals surface area contributed by atoms with Crippen molar-refractivity contribution in [2.75, 3.05) is 31.6 Å². The number of rotatable bonds is 4. The summed E-state index contributed by atoms with van der Waals surface area (Å²) < 4.78 is 30.1. The average Bonchev–Trinajstić information content (AvgIpc) is 3.80. The number of amides is 2. The van der Waals surface area contributed by atoms with Crippen molar-refractivity contribution >= 4 is 34.2 Å². The molecule has 0 saturated carbocycles. The molecule has 1 saturated heterocycles. The number of benzene rings is 3. The lowest BCUT2D eigenvalue weighted by Crippen LogP contribution is -2.47. The maximum absolute atomic E-state index is 14.5. The van der Waals surface area contributed by atoms with Gasteiger partial charge in [-0.3, -0.25) is 9.59 Å². The highest BCUT2D eigenvalue weighted by atomic mass is 19.1. The van der Waals surface area contributed by atoms with E-state index >= 15 is 0 Å². The van der Waals surface area contributed by atoms with E-state index in [1.165, 1.54) is 31.6 Å². The summed E-state index contributed by atoms with van der Waals surface area (Å²) in [5.74, 6) is -0.736. The number of halogens is 1. The summed E-state index contributed by atoms with van der Waals surface area (Å²) >= 11 is 0. The van der Waals surface area contributed by atoms with Crippen molar-refractivity contribution in [2.24, 2.45) is 0 Å². The van der Waals surface area contributed by atoms with E-state index in [4.69, 9.17) is 13.7 Å². The predicted molar refractivity (Wildman–Crippen MR) is 154 cm³/mol. The Morgan fingerprint density at radius 2 is 1.65 bits per heavy atom. The van der Waals surface area contributed by atoms with Crippen LogP contribution in [-0.2, 0) is 10.2 Å². The fourth-order valence-electron chi connectivity index (χ4n) is 6.24. The van der Waals surface area contributed by atoms with E-state index < -0.39 is 11.4 Å². The minimum atomic E-state index is -0.512. The zero-order chi connectivity index (χ0) is 29.7. The van der Waals surface area contributed by atoms with Crippen LogP contribution < -0.4 is 4.90 Å². The summed E-state index contributed by atoms with van der Waals surface area (Å²) in [5, 5.41) is 5.64. The van der Waals surface area contributed by atoms with Crippen molar-refractivity contribution in [2.45, 2.75) is 18.3 Å². The van der Waals surface area contributed by atoms with Gasteiger partial charge in [0.2, 0.25) is 5.76 Å². The first-order chi connectivity index (χ1) is 20.8. The number of carbonyl (C=O) groups excluding carboxylic acids is 3. The fraction of sp³-hybridized carbons (Fsp3) is 0.212. The second-order valence-electron chi connectivity index (χ2n) is 10.9. The summed E-state index contributed by atoms with van der Waals surface area (Å²) in [4.78, 5) is 42.4. The molecule has 5 aromatic rings. The Balaban J connectivity index is 1.10. The molecular formula is C33H26FN3O6. The molecule has 0 unspecified atom stereocenters. The maximum Gasteiger partial charge on any atom is 0.337 e. The van der Waals surface area contributed by atoms with Crippen LogP contribution in [0.5, 0.6) is 0 Å². The van der Waals surface area contributed by atoms with Gasteiger partial charge in [-0.2, -0.15) is 0 Å². The van der Waals surface area contributed by atoms with E-state index in [1.807, 2.05) is 12.1 Å². The zero-order valence-electron chi connectivity index (χ0n) is 23.2. The molecule has 2 aromatic heterocycles. The number of piperidine rings is 1. The van der Waals surface area contributed by atoms with Crippen LogP contribution in [0.4, 0.5) is 10.1 Å². The van der Waals surface area contributed by atoms with Gasteiger partial charge < -0.3 is 23.5 Å². The molecule has 43 heavy (non-hydrogen) atoms. The fourth-order valence-corrected chi connectivity index (χ4v) is 6.24. The minimum absolute atomic E-state index is 0.0568. The summed E-state index contributed by atoms with van der Waals surface area (Å²) in [6.07, 6.45) is 2.63. The molecule has 0 radical (unpaired) electrons. The van der Waals surface area contributed by atoms with Crippen LogP contribution in [0.25, 0.3) is 22.2 Å². The van der Waals surface area contributed by atoms with Gasteiger partial charge in [-0.25, -0.2) is 9.18 Å². The number of nitrogens with zero attached hydrogens (tertiary/aromatic N) is 3. The summed E-state index contributed by atoms with van der Waals surface area (Å²) in [7, 11) is 1.34. The quantitative estimate of drug-likeness (QED) is 0.246. The van der Waals surface area contributed by atoms with Crippen molar-refractivity contribution in [1.82, 2.24) is 10.1 Å². The third-order valence-corrected chi connectivity index (χ3v) is 8.54. The van der Waals surface area contributed by atoms with Gasteiger partial charge in [-0.05, 0) is 83.8 Å². The third kappa shape index (κ3) is 4.55. The second-order valence-corrected chi connectivity index (χ2v) is 10.9. The molecule has 4 heterocycles. The highest BCUT2D eigenvalue weighted by Gasteiger charge is 2.48. The monoisotopic (exact) mass is 579 g/mol. The molecule has 10 heteroatoms. The Labute approximate surface area is 245 Å². The number of carbonyl (C=O) groups is 3. The number of likely N-dealkylation sites (tertiary alicyclic amines) is 1. The normalized spacial score (nSPS) is 15.6. The average molecular weight is 580 g/mol. The van der Waals surface area contributed by atoms with Gasteiger partial charge in [0, 0.05) is 42.4 Å². The van der Waals surface area contributed by atoms with Gasteiger partial charge >= 0.3 is 5.97 Å². The zero-order valence-corrected chi connectivity index (χ0v) is 23.2. The van der Waals surface area contributed by atoms with E-state index in [1.54, 1.807) is 52.3 Å². The Morgan fingerprint density at radius 3 is 2.37 bits per heavy atom. The largest absolute Gasteiger partial charge is 0.465 e. The van der Waals surface area contributed by atoms with Gasteiger partial charge in [-0.15, -0.1) is 0 Å². The molecule has 3 aromatic carbocycles. The van der Waals surface area contributed by atoms with Gasteiger partial charge in [-0.1, -0.05) is 17.3 Å². The SMILES string of the molecule is COC(=O)c1ccc2cc(C(=O)N3CCC4(CC3)CN(C(=O)c3cc(-c5ccco5)no3)c3ccc(F)cc34)ccc2c1. The molecule has 0 atom stereocenters. The second kappa shape index (κ2) is 10.2. The minimum Gasteiger partial charge on any atom is -0.465 e. The molecule has 2 aliphatic heterocycles. The molecule has 0 bridgehead atoms. The molecule has 2 aliphatic rings. The highest BCUT2D eigenvalue weighted by Crippen LogP contribution is 2.48. The first kappa shape index (κ1) is 26.6. The summed E-state index contributed by atoms with van der Waals surface area (Å²) in [5.41, 5.74) is 2.26. The number of hydrogen-bond acceptors (Lipinski definition) is 7. The van der Waals surface area contributed by atoms with E-state index in [2.05, 4.69) is 5.16 Å². The standard InChI is InChI=1S/C33H26FN3O6/c1-41-32(40)23-7-5-20-15-22(6-4-21(20)16-23)30(38)36-12-10-33(11-13-36)19-37(27-9-8-24(34)17-25(27)33)31(39)29-18-26(35-43-29)28-3-2-14-42-28/h2-9,14-18H,10-13,19H2,1H3. The molecule has 9 nitrogen and oxygen atoms in total. The number of ether oxygens (including phenoxy) is 1. The van der Waals surface area contributed by atoms with Crippen LogP contribution in [0.2, 0.25) is 0 Å². The lowest BCUT2D eigenvalue weighted by atomic mass is 9.74. The van der Waals surface area contributed by atoms with Gasteiger partial charge in [0.1, 0.15) is 11.5 Å². The number of furan rings is 1. The number of methoxy groups -OCH3 is 1. The van der Waals surface area contributed by atoms with E-state index in [0.717, 1.165) is 16.3 Å². The van der Waals surface area contributed by atoms with Crippen LogP contribution in [0, 0.1) is 5.82 Å². The van der Waals surface area contributed by atoms with Crippen LogP contribution in [-0.4, -0.2) is 54.6 Å². The van der Waals surface area contributed by atoms with Gasteiger partial charge in [0.05, 0.1) is 18.9 Å². The molecule has 0 N–H and O–H groups in total. The first-order valence-corrected chi connectivity index (χ1v) is 13.9. The van der Waals surface area contributed by atoms with Crippen molar-refractivity contribution in [3.8, 4) is 11.5 Å². The van der Waals surface area contributed by atoms with Crippen LogP contribution in [0.15, 0.2) is 88.0 Å². The van der Waals surface area contributed by atoms with Crippen molar-refractivity contribution in [3.63, 3.8) is 0 Å². The Hall–Kier alpha value is -5.25. The van der Waals surface area contributed by atoms with Crippen molar-refractivity contribution in [1.29, 1.82) is 0 Å². The smallest absolute Gasteiger partial charge is 0.337 e. The van der Waals surface area contributed by atoms with E-state index in [0.29, 0.717) is 60.7 Å². The predicted octanol–water partition coefficient (Wildman–Crippen LogP) is 5.85. The van der Waals surface area contributed by atoms with E-state index in [-0.39, 0.29) is 23.4 Å². The number of fused-ring (bicyclic) bond motifs is 3. The highest BCUT2D eigenvalue weighted by molar-refractivity contribution is 6.06. The lowest BCUT2D eigenvalue weighted by Gasteiger charge is -2.40. The van der Waals surface area contributed by atoms with Gasteiger partial charge in [0.25, 0.3) is 11.8 Å². The number of hydrogen-bond donors (Lipinski definition) is 0. The van der Waals surface area contributed by atoms with Crippen LogP contribution in [0.1, 0.15) is 49.7 Å². The summed E-state index contributed by atoms with van der Waals surface area (Å²) in [6, 6.07) is 20.1. The molecule has 216 valence electrons. The Morgan fingerprint density at radius 1 is 0.907 bits per heavy atom. The van der Waals surface area contributed by atoms with E-state index in [9.17, 15) is 18.8 Å². The Bertz CT molecular complexity index is 1890. The van der Waals surface area contributed by atoms with Crippen LogP contribution in [0.3, 0.4) is 0 Å². The Kier molecular flexibility index (Phi) is 6.34. The topological polar surface area (TPSA) is 106 Å². The molecule has 2 amide bonds. The molecule has 7 rings (SSSR count). The molecule has 0 aliphatic carbocycles.